The number of aromatic nitrogens is 1. The lowest BCUT2D eigenvalue weighted by Crippen LogP contribution is -2.30. The summed E-state index contributed by atoms with van der Waals surface area (Å²) in [7, 11) is 0. The Morgan fingerprint density at radius 1 is 1.42 bits per heavy atom. The number of thiophene rings is 1. The van der Waals surface area contributed by atoms with Gasteiger partial charge in [0.15, 0.2) is 5.11 Å². The van der Waals surface area contributed by atoms with Crippen LogP contribution in [0.2, 0.25) is 0 Å². The zero-order chi connectivity index (χ0) is 13.7. The van der Waals surface area contributed by atoms with E-state index in [2.05, 4.69) is 35.4 Å². The minimum Gasteiger partial charge on any atom is -0.376 e. The van der Waals surface area contributed by atoms with Crippen LogP contribution in [0.15, 0.2) is 36.5 Å². The molecule has 0 bridgehead atoms. The summed E-state index contributed by atoms with van der Waals surface area (Å²) in [5, 5.41) is 3.36. The van der Waals surface area contributed by atoms with Crippen LogP contribution in [0.4, 0.5) is 0 Å². The summed E-state index contributed by atoms with van der Waals surface area (Å²) in [5.41, 5.74) is 6.56. The number of hydrogen-bond donors (Lipinski definition) is 2. The van der Waals surface area contributed by atoms with E-state index in [9.17, 15) is 0 Å². The Balaban J connectivity index is 2.16. The lowest BCUT2D eigenvalue weighted by molar-refractivity contribution is 0.685. The van der Waals surface area contributed by atoms with Gasteiger partial charge in [-0.3, -0.25) is 4.98 Å². The second kappa shape index (κ2) is 6.63. The van der Waals surface area contributed by atoms with Crippen LogP contribution in [0, 0.1) is 6.92 Å². The van der Waals surface area contributed by atoms with Gasteiger partial charge < -0.3 is 11.1 Å². The molecule has 5 heteroatoms. The molecule has 2 aromatic heterocycles. The summed E-state index contributed by atoms with van der Waals surface area (Å²) in [6.07, 6.45) is 2.76. The van der Waals surface area contributed by atoms with E-state index in [1.165, 1.54) is 9.75 Å². The Hall–Kier alpha value is -1.46. The minimum absolute atomic E-state index is 0.293. The fraction of sp³-hybridized carbons (Fsp3) is 0.286. The predicted molar refractivity (Wildman–Crippen MR) is 84.5 cm³/mol. The Kier molecular flexibility index (Phi) is 4.87. The third-order valence-corrected chi connectivity index (χ3v) is 4.14. The van der Waals surface area contributed by atoms with E-state index in [-0.39, 0.29) is 0 Å². The first-order valence-corrected chi connectivity index (χ1v) is 7.40. The smallest absolute Gasteiger partial charge is 0.163 e. The molecule has 3 N–H and O–H groups in total. The molecule has 0 spiro atoms. The van der Waals surface area contributed by atoms with E-state index >= 15 is 0 Å². The first-order valence-electron chi connectivity index (χ1n) is 6.17. The summed E-state index contributed by atoms with van der Waals surface area (Å²) in [6, 6.07) is 10.4. The molecule has 0 saturated heterocycles. The highest BCUT2D eigenvalue weighted by Gasteiger charge is 2.16. The maximum Gasteiger partial charge on any atom is 0.163 e. The number of hydrogen-bond acceptors (Lipinski definition) is 3. The molecule has 0 aliphatic carbocycles. The molecule has 2 aromatic rings. The molecule has 0 fully saturated rings. The molecule has 0 aliphatic rings. The number of aryl methyl sites for hydroxylation is 1. The van der Waals surface area contributed by atoms with E-state index in [0.717, 1.165) is 18.7 Å². The Labute approximate surface area is 122 Å². The summed E-state index contributed by atoms with van der Waals surface area (Å²) < 4.78 is 0. The topological polar surface area (TPSA) is 50.9 Å². The quantitative estimate of drug-likeness (QED) is 0.832. The number of rotatable bonds is 5. The van der Waals surface area contributed by atoms with Crippen molar-refractivity contribution in [3.63, 3.8) is 0 Å². The monoisotopic (exact) mass is 291 g/mol. The first kappa shape index (κ1) is 14.0. The minimum atomic E-state index is 0.293. The molecular weight excluding hydrogens is 274 g/mol. The van der Waals surface area contributed by atoms with Crippen molar-refractivity contribution in [3.05, 3.63) is 52.0 Å². The largest absolute Gasteiger partial charge is 0.376 e. The van der Waals surface area contributed by atoms with Gasteiger partial charge in [0.25, 0.3) is 0 Å². The molecule has 3 nitrogen and oxygen atoms in total. The lowest BCUT2D eigenvalue weighted by atomic mass is 9.99. The maximum absolute atomic E-state index is 5.47. The van der Waals surface area contributed by atoms with Gasteiger partial charge in [0.05, 0.1) is 0 Å². The molecular formula is C14H17N3S2. The second-order valence-corrected chi connectivity index (χ2v) is 6.09. The average molecular weight is 291 g/mol. The normalized spacial score (nSPS) is 12.1. The van der Waals surface area contributed by atoms with Crippen LogP contribution < -0.4 is 11.1 Å². The number of nitrogens with two attached hydrogens (primary N) is 1. The molecule has 1 atom stereocenters. The van der Waals surface area contributed by atoms with E-state index in [1.54, 1.807) is 0 Å². The molecule has 1 unspecified atom stereocenters. The predicted octanol–water partition coefficient (Wildman–Crippen LogP) is 2.81. The van der Waals surface area contributed by atoms with Crippen LogP contribution in [-0.4, -0.2) is 16.6 Å². The standard InChI is InChI=1S/C14H17N3S2/c1-10-5-6-13(19-10)11(7-9-17-14(15)18)12-4-2-3-8-16-12/h2-6,8,11H,7,9H2,1H3,(H3,15,17,18). The Bertz CT molecular complexity index is 537. The van der Waals surface area contributed by atoms with Crippen molar-refractivity contribution in [3.8, 4) is 0 Å². The third-order valence-electron chi connectivity index (χ3n) is 2.88. The lowest BCUT2D eigenvalue weighted by Gasteiger charge is -2.15. The molecule has 2 heterocycles. The fourth-order valence-corrected chi connectivity index (χ4v) is 3.13. The molecule has 2 rings (SSSR count). The third kappa shape index (κ3) is 4.01. The molecule has 0 aromatic carbocycles. The van der Waals surface area contributed by atoms with Gasteiger partial charge >= 0.3 is 0 Å². The molecule has 0 amide bonds. The first-order chi connectivity index (χ1) is 9.16. The van der Waals surface area contributed by atoms with Crippen molar-refractivity contribution in [1.82, 2.24) is 10.3 Å². The summed E-state index contributed by atoms with van der Waals surface area (Å²) in [6.45, 7) is 2.88. The van der Waals surface area contributed by atoms with Crippen molar-refractivity contribution in [2.45, 2.75) is 19.3 Å². The van der Waals surface area contributed by atoms with Gasteiger partial charge in [-0.1, -0.05) is 6.07 Å². The van der Waals surface area contributed by atoms with Gasteiger partial charge in [-0.2, -0.15) is 0 Å². The van der Waals surface area contributed by atoms with E-state index < -0.39 is 0 Å². The van der Waals surface area contributed by atoms with Gasteiger partial charge in [0.1, 0.15) is 0 Å². The van der Waals surface area contributed by atoms with Crippen LogP contribution >= 0.6 is 23.6 Å². The van der Waals surface area contributed by atoms with Crippen molar-refractivity contribution in [2.75, 3.05) is 6.54 Å². The molecule has 0 saturated carbocycles. The summed E-state index contributed by atoms with van der Waals surface area (Å²) >= 11 is 6.66. The zero-order valence-corrected chi connectivity index (χ0v) is 12.4. The highest BCUT2D eigenvalue weighted by Crippen LogP contribution is 2.31. The fourth-order valence-electron chi connectivity index (χ4n) is 2.00. The van der Waals surface area contributed by atoms with Gasteiger partial charge in [0.2, 0.25) is 0 Å². The van der Waals surface area contributed by atoms with Crippen molar-refractivity contribution >= 4 is 28.7 Å². The SMILES string of the molecule is Cc1ccc(C(CCNC(N)=S)c2ccccn2)s1. The van der Waals surface area contributed by atoms with Crippen LogP contribution in [-0.2, 0) is 0 Å². The van der Waals surface area contributed by atoms with Crippen LogP contribution in [0.5, 0.6) is 0 Å². The maximum atomic E-state index is 5.47. The average Bonchev–Trinajstić information content (AvgIpc) is 2.82. The highest BCUT2D eigenvalue weighted by molar-refractivity contribution is 7.80. The van der Waals surface area contributed by atoms with Crippen LogP contribution in [0.25, 0.3) is 0 Å². The number of nitrogens with one attached hydrogen (secondary N) is 1. The number of thiocarbonyl (C=S) groups is 1. The van der Waals surface area contributed by atoms with Gasteiger partial charge in [-0.05, 0) is 49.8 Å². The zero-order valence-electron chi connectivity index (χ0n) is 10.8. The van der Waals surface area contributed by atoms with Crippen molar-refractivity contribution < 1.29 is 0 Å². The molecule has 0 radical (unpaired) electrons. The molecule has 0 aliphatic heterocycles. The molecule has 19 heavy (non-hydrogen) atoms. The van der Waals surface area contributed by atoms with Gasteiger partial charge in [-0.25, -0.2) is 0 Å². The van der Waals surface area contributed by atoms with Gasteiger partial charge in [-0.15, -0.1) is 11.3 Å². The van der Waals surface area contributed by atoms with E-state index in [1.807, 2.05) is 29.7 Å². The summed E-state index contributed by atoms with van der Waals surface area (Å²) in [4.78, 5) is 7.13. The van der Waals surface area contributed by atoms with Crippen LogP contribution in [0.1, 0.15) is 27.8 Å². The Morgan fingerprint density at radius 3 is 2.84 bits per heavy atom. The Morgan fingerprint density at radius 2 is 2.26 bits per heavy atom. The van der Waals surface area contributed by atoms with Crippen molar-refractivity contribution in [1.29, 1.82) is 0 Å². The van der Waals surface area contributed by atoms with E-state index in [0.29, 0.717) is 11.0 Å². The second-order valence-electron chi connectivity index (χ2n) is 4.34. The summed E-state index contributed by atoms with van der Waals surface area (Å²) in [5.74, 6) is 0.293. The number of nitrogens with zero attached hydrogens (tertiary/aromatic N) is 1. The molecule has 100 valence electrons. The highest BCUT2D eigenvalue weighted by atomic mass is 32.1. The van der Waals surface area contributed by atoms with E-state index in [4.69, 9.17) is 18.0 Å². The van der Waals surface area contributed by atoms with Crippen LogP contribution in [0.3, 0.4) is 0 Å². The van der Waals surface area contributed by atoms with Crippen molar-refractivity contribution in [2.24, 2.45) is 5.73 Å². The van der Waals surface area contributed by atoms with Gasteiger partial charge in [0, 0.05) is 34.1 Å². The number of pyridine rings is 1.